The van der Waals surface area contributed by atoms with Gasteiger partial charge in [-0.3, -0.25) is 14.8 Å². The summed E-state index contributed by atoms with van der Waals surface area (Å²) in [5.74, 6) is -0.937. The fourth-order valence-electron chi connectivity index (χ4n) is 2.22. The summed E-state index contributed by atoms with van der Waals surface area (Å²) in [6.45, 7) is 1.08. The summed E-state index contributed by atoms with van der Waals surface area (Å²) < 4.78 is 41.4. The van der Waals surface area contributed by atoms with Gasteiger partial charge < -0.3 is 21.1 Å². The molecule has 1 atom stereocenters. The van der Waals surface area contributed by atoms with E-state index in [1.165, 1.54) is 37.4 Å². The number of amides is 2. The quantitative estimate of drug-likeness (QED) is 0.720. The Kier molecular flexibility index (Phi) is 6.41. The highest BCUT2D eigenvalue weighted by Crippen LogP contribution is 2.26. The predicted octanol–water partition coefficient (Wildman–Crippen LogP) is 2.61. The molecule has 150 valence electrons. The number of aromatic nitrogens is 1. The molecule has 0 bridgehead atoms. The fourth-order valence-corrected chi connectivity index (χ4v) is 2.22. The first kappa shape index (κ1) is 21.0. The van der Waals surface area contributed by atoms with Gasteiger partial charge in [0.05, 0.1) is 6.54 Å². The van der Waals surface area contributed by atoms with Crippen molar-refractivity contribution >= 4 is 11.9 Å². The van der Waals surface area contributed by atoms with Gasteiger partial charge in [0.1, 0.15) is 11.2 Å². The van der Waals surface area contributed by atoms with Crippen LogP contribution in [-0.4, -0.2) is 35.6 Å². The number of ether oxygens (including phenoxy) is 1. The second kappa shape index (κ2) is 8.57. The van der Waals surface area contributed by atoms with Crippen LogP contribution in [0.5, 0.6) is 5.75 Å². The highest BCUT2D eigenvalue weighted by molar-refractivity contribution is 5.85. The molecule has 0 saturated carbocycles. The Balaban J connectivity index is 2.15. The Morgan fingerprint density at radius 2 is 1.79 bits per heavy atom. The lowest BCUT2D eigenvalue weighted by molar-refractivity contribution is -0.274. The summed E-state index contributed by atoms with van der Waals surface area (Å²) in [5.41, 5.74) is 8.03. The molecule has 2 rings (SSSR count). The monoisotopic (exact) mass is 396 g/mol. The van der Waals surface area contributed by atoms with Gasteiger partial charge in [-0.15, -0.1) is 13.2 Å². The maximum absolute atomic E-state index is 12.2. The minimum absolute atomic E-state index is 0.160. The van der Waals surface area contributed by atoms with E-state index in [2.05, 4.69) is 15.4 Å². The van der Waals surface area contributed by atoms with E-state index in [1.54, 1.807) is 0 Å². The standard InChI is InChI=1S/C17H17F3N5O3/c1-10(21)24-15(26)8-23-16(27)25-9-12(4-7-14(25)22)11-2-5-13(6-3-11)28-17(18,19)20/h2-7,9-10,21-22H,8H2,1H3,(H,23,27)(H,24,26)/q-1. The first-order valence-corrected chi connectivity index (χ1v) is 7.97. The highest BCUT2D eigenvalue weighted by Gasteiger charge is 2.30. The van der Waals surface area contributed by atoms with Crippen LogP contribution < -0.4 is 20.9 Å². The zero-order valence-corrected chi connectivity index (χ0v) is 14.6. The number of hydrogen-bond donors (Lipinski definition) is 3. The minimum Gasteiger partial charge on any atom is -0.658 e. The second-order valence-corrected chi connectivity index (χ2v) is 5.69. The number of nitrogens with zero attached hydrogens (tertiary/aromatic N) is 1. The number of carbonyl (C=O) groups excluding carboxylic acids is 2. The molecule has 0 aliphatic heterocycles. The van der Waals surface area contributed by atoms with E-state index in [0.29, 0.717) is 11.1 Å². The molecule has 4 N–H and O–H groups in total. The summed E-state index contributed by atoms with van der Waals surface area (Å²) in [4.78, 5) is 23.7. The van der Waals surface area contributed by atoms with Gasteiger partial charge in [0.2, 0.25) is 5.91 Å². The molecule has 0 radical (unpaired) electrons. The molecule has 28 heavy (non-hydrogen) atoms. The Morgan fingerprint density at radius 1 is 1.18 bits per heavy atom. The predicted molar refractivity (Wildman–Crippen MR) is 93.1 cm³/mol. The largest absolute Gasteiger partial charge is 0.658 e. The summed E-state index contributed by atoms with van der Waals surface area (Å²) in [7, 11) is 0. The van der Waals surface area contributed by atoms with E-state index in [1.807, 2.05) is 0 Å². The second-order valence-electron chi connectivity index (χ2n) is 5.69. The van der Waals surface area contributed by atoms with Crippen LogP contribution >= 0.6 is 0 Å². The van der Waals surface area contributed by atoms with Gasteiger partial charge in [0.25, 0.3) is 0 Å². The summed E-state index contributed by atoms with van der Waals surface area (Å²) in [6, 6.07) is 7.15. The molecular weight excluding hydrogens is 379 g/mol. The van der Waals surface area contributed by atoms with Gasteiger partial charge in [-0.2, -0.15) is 0 Å². The molecule has 8 nitrogen and oxygen atoms in total. The lowest BCUT2D eigenvalue weighted by atomic mass is 10.1. The third kappa shape index (κ3) is 6.13. The van der Waals surface area contributed by atoms with Gasteiger partial charge in [0, 0.05) is 6.20 Å². The van der Waals surface area contributed by atoms with Crippen LogP contribution in [0.1, 0.15) is 6.92 Å². The lowest BCUT2D eigenvalue weighted by Crippen LogP contribution is -2.43. The molecular formula is C17H17F3N5O3-. The molecule has 0 fully saturated rings. The van der Waals surface area contributed by atoms with Crippen molar-refractivity contribution < 1.29 is 27.5 Å². The molecule has 0 spiro atoms. The number of alkyl halides is 3. The Bertz CT molecular complexity index is 907. The van der Waals surface area contributed by atoms with Gasteiger partial charge in [-0.05, 0) is 35.4 Å². The molecule has 1 aromatic carbocycles. The third-order valence-corrected chi connectivity index (χ3v) is 3.37. The molecule has 11 heteroatoms. The van der Waals surface area contributed by atoms with Crippen molar-refractivity contribution in [1.82, 2.24) is 15.2 Å². The summed E-state index contributed by atoms with van der Waals surface area (Å²) >= 11 is 0. The Labute approximate surface area is 157 Å². The van der Waals surface area contributed by atoms with E-state index >= 15 is 0 Å². The first-order chi connectivity index (χ1) is 13.0. The van der Waals surface area contributed by atoms with Gasteiger partial charge >= 0.3 is 12.4 Å². The third-order valence-electron chi connectivity index (χ3n) is 3.37. The van der Waals surface area contributed by atoms with Crippen molar-refractivity contribution in [1.29, 1.82) is 5.41 Å². The average molecular weight is 396 g/mol. The van der Waals surface area contributed by atoms with E-state index in [-0.39, 0.29) is 17.8 Å². The molecule has 0 aliphatic rings. The molecule has 2 aromatic rings. The van der Waals surface area contributed by atoms with Crippen LogP contribution in [0, 0.1) is 5.41 Å². The van der Waals surface area contributed by atoms with Crippen LogP contribution in [0.2, 0.25) is 0 Å². The van der Waals surface area contributed by atoms with E-state index < -0.39 is 24.5 Å². The van der Waals surface area contributed by atoms with Gasteiger partial charge in [-0.1, -0.05) is 25.2 Å². The molecule has 1 heterocycles. The number of carbonyl (C=O) groups is 2. The number of benzene rings is 1. The molecule has 0 aliphatic carbocycles. The molecule has 1 aromatic heterocycles. The van der Waals surface area contributed by atoms with Crippen molar-refractivity contribution in [3.05, 3.63) is 53.8 Å². The van der Waals surface area contributed by atoms with Gasteiger partial charge in [-0.25, -0.2) is 4.79 Å². The molecule has 0 saturated heterocycles. The van der Waals surface area contributed by atoms with Crippen molar-refractivity contribution in [2.24, 2.45) is 0 Å². The summed E-state index contributed by atoms with van der Waals surface area (Å²) in [5, 5.41) is 12.4. The number of halogens is 3. The van der Waals surface area contributed by atoms with Gasteiger partial charge in [0.15, 0.2) is 0 Å². The van der Waals surface area contributed by atoms with Crippen molar-refractivity contribution in [3.63, 3.8) is 0 Å². The Morgan fingerprint density at radius 3 is 2.36 bits per heavy atom. The average Bonchev–Trinajstić information content (AvgIpc) is 2.59. The topological polar surface area (TPSA) is 120 Å². The van der Waals surface area contributed by atoms with Crippen LogP contribution in [-0.2, 0) is 4.79 Å². The maximum Gasteiger partial charge on any atom is 0.573 e. The number of pyridine rings is 1. The zero-order valence-electron chi connectivity index (χ0n) is 14.6. The summed E-state index contributed by atoms with van der Waals surface area (Å²) in [6.07, 6.45) is -4.29. The maximum atomic E-state index is 12.2. The van der Waals surface area contributed by atoms with Crippen LogP contribution in [0.3, 0.4) is 0 Å². The normalized spacial score (nSPS) is 12.2. The number of nitrogens with one attached hydrogen (secondary N) is 4. The SMILES string of the molecule is CC([NH-])NC(=O)CNC(=O)n1cc(-c2ccc(OC(F)(F)F)cc2)ccc1=N. The zero-order chi connectivity index (χ0) is 20.9. The van der Waals surface area contributed by atoms with E-state index in [0.717, 1.165) is 16.7 Å². The van der Waals surface area contributed by atoms with E-state index in [9.17, 15) is 22.8 Å². The Hall–Kier alpha value is -3.34. The first-order valence-electron chi connectivity index (χ1n) is 7.97. The minimum atomic E-state index is -4.79. The number of rotatable bonds is 5. The smallest absolute Gasteiger partial charge is 0.573 e. The lowest BCUT2D eigenvalue weighted by Gasteiger charge is -2.16. The van der Waals surface area contributed by atoms with Crippen molar-refractivity contribution in [2.45, 2.75) is 19.5 Å². The number of hydrogen-bond acceptors (Lipinski definition) is 4. The van der Waals surface area contributed by atoms with E-state index in [4.69, 9.17) is 11.1 Å². The fraction of sp³-hybridized carbons (Fsp3) is 0.235. The van der Waals surface area contributed by atoms with Crippen LogP contribution in [0.15, 0.2) is 42.6 Å². The van der Waals surface area contributed by atoms with Crippen molar-refractivity contribution in [2.75, 3.05) is 6.54 Å². The van der Waals surface area contributed by atoms with Crippen LogP contribution in [0.4, 0.5) is 18.0 Å². The highest BCUT2D eigenvalue weighted by atomic mass is 19.4. The van der Waals surface area contributed by atoms with Crippen LogP contribution in [0.25, 0.3) is 16.9 Å². The van der Waals surface area contributed by atoms with Crippen molar-refractivity contribution in [3.8, 4) is 16.9 Å². The molecule has 1 unspecified atom stereocenters. The molecule has 2 amide bonds.